The van der Waals surface area contributed by atoms with Gasteiger partial charge in [0.2, 0.25) is 6.10 Å². The van der Waals surface area contributed by atoms with E-state index in [2.05, 4.69) is 5.32 Å². The minimum Gasteiger partial charge on any atom is -0.457 e. The first-order valence-electron chi connectivity index (χ1n) is 6.22. The van der Waals surface area contributed by atoms with Crippen LogP contribution in [0, 0.1) is 0 Å². The van der Waals surface area contributed by atoms with Gasteiger partial charge in [-0.3, -0.25) is 9.59 Å². The van der Waals surface area contributed by atoms with Gasteiger partial charge < -0.3 is 14.8 Å². The molecule has 1 fully saturated rings. The molecule has 0 bridgehead atoms. The summed E-state index contributed by atoms with van der Waals surface area (Å²) in [4.78, 5) is 34.1. The van der Waals surface area contributed by atoms with E-state index in [4.69, 9.17) is 9.47 Å². The summed E-state index contributed by atoms with van der Waals surface area (Å²) in [5.74, 6) is -1.41. The molecule has 3 atom stereocenters. The van der Waals surface area contributed by atoms with Crippen molar-refractivity contribution in [3.05, 3.63) is 35.9 Å². The molecule has 1 heterocycles. The van der Waals surface area contributed by atoms with Gasteiger partial charge in [0, 0.05) is 6.92 Å². The van der Waals surface area contributed by atoms with E-state index in [-0.39, 0.29) is 5.91 Å². The Kier molecular flexibility index (Phi) is 4.02. The maximum absolute atomic E-state index is 11.9. The smallest absolute Gasteiger partial charge is 0.338 e. The van der Waals surface area contributed by atoms with Crippen molar-refractivity contribution in [1.82, 2.24) is 5.32 Å². The van der Waals surface area contributed by atoms with Gasteiger partial charge in [0.05, 0.1) is 5.56 Å². The lowest BCUT2D eigenvalue weighted by Crippen LogP contribution is -2.68. The molecular weight excluding hydrogens is 262 g/mol. The van der Waals surface area contributed by atoms with Crippen LogP contribution in [0.25, 0.3) is 0 Å². The predicted octanol–water partition coefficient (Wildman–Crippen LogP) is 0.662. The molecule has 3 unspecified atom stereocenters. The molecular formula is C14H15NO5. The van der Waals surface area contributed by atoms with Gasteiger partial charge in [0.25, 0.3) is 5.91 Å². The Balaban J connectivity index is 1.95. The molecule has 0 spiro atoms. The number of rotatable bonds is 4. The van der Waals surface area contributed by atoms with Crippen LogP contribution >= 0.6 is 0 Å². The second-order valence-corrected chi connectivity index (χ2v) is 4.54. The number of amides is 1. The van der Waals surface area contributed by atoms with Crippen LogP contribution in [0.1, 0.15) is 24.2 Å². The Morgan fingerprint density at radius 1 is 1.25 bits per heavy atom. The van der Waals surface area contributed by atoms with Crippen LogP contribution < -0.4 is 5.32 Å². The lowest BCUT2D eigenvalue weighted by Gasteiger charge is -2.38. The third-order valence-corrected chi connectivity index (χ3v) is 2.99. The number of esters is 2. The van der Waals surface area contributed by atoms with E-state index in [1.54, 1.807) is 37.3 Å². The fourth-order valence-electron chi connectivity index (χ4n) is 1.94. The molecule has 1 amide bonds. The molecule has 20 heavy (non-hydrogen) atoms. The molecule has 106 valence electrons. The lowest BCUT2D eigenvalue weighted by molar-refractivity contribution is -0.168. The van der Waals surface area contributed by atoms with Gasteiger partial charge >= 0.3 is 11.9 Å². The van der Waals surface area contributed by atoms with Crippen LogP contribution in [-0.2, 0) is 19.1 Å². The van der Waals surface area contributed by atoms with Crippen molar-refractivity contribution in [3.8, 4) is 0 Å². The molecule has 1 N–H and O–H groups in total. The van der Waals surface area contributed by atoms with Crippen molar-refractivity contribution in [2.75, 3.05) is 0 Å². The monoisotopic (exact) mass is 277 g/mol. The first-order chi connectivity index (χ1) is 9.49. The summed E-state index contributed by atoms with van der Waals surface area (Å²) in [6.45, 7) is 2.87. The van der Waals surface area contributed by atoms with Crippen molar-refractivity contribution in [2.24, 2.45) is 0 Å². The fourth-order valence-corrected chi connectivity index (χ4v) is 1.94. The van der Waals surface area contributed by atoms with Gasteiger partial charge in [-0.2, -0.15) is 0 Å². The second-order valence-electron chi connectivity index (χ2n) is 4.54. The van der Waals surface area contributed by atoms with E-state index in [1.165, 1.54) is 6.92 Å². The van der Waals surface area contributed by atoms with Crippen LogP contribution in [0.2, 0.25) is 0 Å². The molecule has 2 rings (SSSR count). The third kappa shape index (κ3) is 2.96. The Morgan fingerprint density at radius 3 is 2.45 bits per heavy atom. The van der Waals surface area contributed by atoms with E-state index < -0.39 is 30.2 Å². The van der Waals surface area contributed by atoms with Crippen LogP contribution in [0.3, 0.4) is 0 Å². The van der Waals surface area contributed by atoms with Crippen molar-refractivity contribution >= 4 is 17.8 Å². The number of β-lactam (4-membered cyclic amide) rings is 1. The summed E-state index contributed by atoms with van der Waals surface area (Å²) in [6.07, 6.45) is -1.49. The van der Waals surface area contributed by atoms with Crippen LogP contribution in [0.4, 0.5) is 0 Å². The average molecular weight is 277 g/mol. The van der Waals surface area contributed by atoms with Crippen LogP contribution in [-0.4, -0.2) is 36.1 Å². The molecule has 1 aliphatic rings. The van der Waals surface area contributed by atoms with Crippen molar-refractivity contribution in [1.29, 1.82) is 0 Å². The molecule has 6 nitrogen and oxygen atoms in total. The molecule has 0 radical (unpaired) electrons. The van der Waals surface area contributed by atoms with Crippen molar-refractivity contribution < 1.29 is 23.9 Å². The SMILES string of the molecule is CC(=O)OC1C(=O)NC1C(C)OC(=O)c1ccccc1. The lowest BCUT2D eigenvalue weighted by atomic mass is 9.97. The zero-order chi connectivity index (χ0) is 14.7. The highest BCUT2D eigenvalue weighted by atomic mass is 16.6. The molecule has 0 aromatic heterocycles. The zero-order valence-electron chi connectivity index (χ0n) is 11.2. The largest absolute Gasteiger partial charge is 0.457 e. The molecule has 0 saturated carbocycles. The zero-order valence-corrected chi connectivity index (χ0v) is 11.2. The number of benzene rings is 1. The molecule has 1 aliphatic heterocycles. The third-order valence-electron chi connectivity index (χ3n) is 2.99. The molecule has 6 heteroatoms. The first kappa shape index (κ1) is 14.0. The highest BCUT2D eigenvalue weighted by Gasteiger charge is 2.46. The normalized spacial score (nSPS) is 22.2. The Bertz CT molecular complexity index is 528. The van der Waals surface area contributed by atoms with E-state index in [1.807, 2.05) is 0 Å². The maximum Gasteiger partial charge on any atom is 0.338 e. The van der Waals surface area contributed by atoms with Gasteiger partial charge in [-0.1, -0.05) is 18.2 Å². The number of hydrogen-bond acceptors (Lipinski definition) is 5. The fraction of sp³-hybridized carbons (Fsp3) is 0.357. The van der Waals surface area contributed by atoms with Crippen molar-refractivity contribution in [2.45, 2.75) is 32.1 Å². The molecule has 1 aromatic carbocycles. The predicted molar refractivity (Wildman–Crippen MR) is 68.8 cm³/mol. The number of hydrogen-bond donors (Lipinski definition) is 1. The topological polar surface area (TPSA) is 81.7 Å². The van der Waals surface area contributed by atoms with Crippen LogP contribution in [0.15, 0.2) is 30.3 Å². The minimum atomic E-state index is -0.897. The van der Waals surface area contributed by atoms with Gasteiger partial charge in [-0.15, -0.1) is 0 Å². The Hall–Kier alpha value is -2.37. The highest BCUT2D eigenvalue weighted by molar-refractivity contribution is 5.91. The van der Waals surface area contributed by atoms with Gasteiger partial charge in [0.1, 0.15) is 12.1 Å². The van der Waals surface area contributed by atoms with Crippen molar-refractivity contribution in [3.63, 3.8) is 0 Å². The minimum absolute atomic E-state index is 0.382. The van der Waals surface area contributed by atoms with Crippen LogP contribution in [0.5, 0.6) is 0 Å². The highest BCUT2D eigenvalue weighted by Crippen LogP contribution is 2.18. The first-order valence-corrected chi connectivity index (χ1v) is 6.22. The van der Waals surface area contributed by atoms with Gasteiger partial charge in [0.15, 0.2) is 0 Å². The standard InChI is InChI=1S/C14H15NO5/c1-8(11-12(13(17)15-11)20-9(2)16)19-14(18)10-6-4-3-5-7-10/h3-8,11-12H,1-2H3,(H,15,17). The quantitative estimate of drug-likeness (QED) is 0.646. The number of carbonyl (C=O) groups excluding carboxylic acids is 3. The Labute approximate surface area is 116 Å². The summed E-state index contributed by atoms with van der Waals surface area (Å²) in [5, 5.41) is 2.56. The summed E-state index contributed by atoms with van der Waals surface area (Å²) >= 11 is 0. The Morgan fingerprint density at radius 2 is 1.90 bits per heavy atom. The summed E-state index contributed by atoms with van der Waals surface area (Å²) in [5.41, 5.74) is 0.425. The summed E-state index contributed by atoms with van der Waals surface area (Å²) in [6, 6.07) is 8.01. The molecule has 0 aliphatic carbocycles. The van der Waals surface area contributed by atoms with E-state index in [0.717, 1.165) is 0 Å². The number of nitrogens with one attached hydrogen (secondary N) is 1. The molecule has 1 aromatic rings. The average Bonchev–Trinajstić information content (AvgIpc) is 2.42. The maximum atomic E-state index is 11.9. The van der Waals surface area contributed by atoms with Gasteiger partial charge in [-0.05, 0) is 19.1 Å². The molecule has 1 saturated heterocycles. The second kappa shape index (κ2) is 5.73. The van der Waals surface area contributed by atoms with E-state index in [0.29, 0.717) is 5.56 Å². The number of ether oxygens (including phenoxy) is 2. The van der Waals surface area contributed by atoms with Gasteiger partial charge in [-0.25, -0.2) is 4.79 Å². The summed E-state index contributed by atoms with van der Waals surface area (Å²) in [7, 11) is 0. The van der Waals surface area contributed by atoms with E-state index in [9.17, 15) is 14.4 Å². The number of carbonyl (C=O) groups is 3. The summed E-state index contributed by atoms with van der Waals surface area (Å²) < 4.78 is 10.1. The van der Waals surface area contributed by atoms with E-state index >= 15 is 0 Å².